The number of aromatic nitrogens is 2. The molecule has 5 heteroatoms. The maximum Gasteiger partial charge on any atom is 0.163 e. The molecule has 3 nitrogen and oxygen atoms in total. The van der Waals surface area contributed by atoms with E-state index >= 15 is 0 Å². The number of nitrogens with zero attached hydrogens (tertiary/aromatic N) is 2. The van der Waals surface area contributed by atoms with Crippen molar-refractivity contribution >= 4 is 23.2 Å². The van der Waals surface area contributed by atoms with E-state index in [0.717, 1.165) is 24.8 Å². The molecular formula is C13H18Cl2N2O. The van der Waals surface area contributed by atoms with Crippen LogP contribution in [0.1, 0.15) is 44.0 Å². The highest BCUT2D eigenvalue weighted by atomic mass is 35.5. The van der Waals surface area contributed by atoms with Crippen LogP contribution in [0.4, 0.5) is 0 Å². The van der Waals surface area contributed by atoms with E-state index in [2.05, 4.69) is 16.9 Å². The minimum atomic E-state index is -0.432. The van der Waals surface area contributed by atoms with Crippen molar-refractivity contribution in [2.45, 2.75) is 45.1 Å². The van der Waals surface area contributed by atoms with Gasteiger partial charge in [0.1, 0.15) is 15.9 Å². The topological polar surface area (TPSA) is 35.0 Å². The smallest absolute Gasteiger partial charge is 0.163 e. The van der Waals surface area contributed by atoms with Crippen LogP contribution in [0, 0.1) is 12.8 Å². The number of methoxy groups -OCH3 is 1. The molecular weight excluding hydrogens is 271 g/mol. The zero-order valence-corrected chi connectivity index (χ0v) is 12.5. The molecule has 0 saturated heterocycles. The summed E-state index contributed by atoms with van der Waals surface area (Å²) in [5.41, 5.74) is 0.288. The van der Waals surface area contributed by atoms with Gasteiger partial charge in [0, 0.05) is 12.7 Å². The van der Waals surface area contributed by atoms with Gasteiger partial charge in [0.25, 0.3) is 0 Å². The average Bonchev–Trinajstić information content (AvgIpc) is 2.35. The van der Waals surface area contributed by atoms with Gasteiger partial charge in [-0.1, -0.05) is 36.5 Å². The molecule has 2 rings (SSSR count). The van der Waals surface area contributed by atoms with E-state index in [0.29, 0.717) is 22.0 Å². The summed E-state index contributed by atoms with van der Waals surface area (Å²) in [5, 5.41) is 0.833. The molecule has 1 fully saturated rings. The Kier molecular flexibility index (Phi) is 4.15. The molecule has 18 heavy (non-hydrogen) atoms. The van der Waals surface area contributed by atoms with E-state index in [9.17, 15) is 0 Å². The fraction of sp³-hybridized carbons (Fsp3) is 0.692. The van der Waals surface area contributed by atoms with Gasteiger partial charge in [-0.15, -0.1) is 0 Å². The third-order valence-corrected chi connectivity index (χ3v) is 4.52. The molecule has 0 aliphatic heterocycles. The Labute approximate surface area is 118 Å². The zero-order chi connectivity index (χ0) is 13.3. The number of hydrogen-bond acceptors (Lipinski definition) is 3. The van der Waals surface area contributed by atoms with Crippen molar-refractivity contribution in [3.05, 3.63) is 21.7 Å². The lowest BCUT2D eigenvalue weighted by Crippen LogP contribution is -2.36. The van der Waals surface area contributed by atoms with Crippen molar-refractivity contribution in [2.24, 2.45) is 5.92 Å². The van der Waals surface area contributed by atoms with Crippen LogP contribution in [0.5, 0.6) is 0 Å². The third-order valence-electron chi connectivity index (χ3n) is 3.78. The predicted molar refractivity (Wildman–Crippen MR) is 73.1 cm³/mol. The molecule has 1 aromatic heterocycles. The summed E-state index contributed by atoms with van der Waals surface area (Å²) < 4.78 is 5.74. The van der Waals surface area contributed by atoms with Gasteiger partial charge in [-0.05, 0) is 32.1 Å². The van der Waals surface area contributed by atoms with Gasteiger partial charge in [-0.3, -0.25) is 0 Å². The third kappa shape index (κ3) is 2.49. The van der Waals surface area contributed by atoms with E-state index < -0.39 is 5.60 Å². The van der Waals surface area contributed by atoms with Gasteiger partial charge >= 0.3 is 0 Å². The number of halogens is 2. The van der Waals surface area contributed by atoms with E-state index in [1.165, 1.54) is 6.42 Å². The first kappa shape index (κ1) is 14.0. The molecule has 0 bridgehead atoms. The van der Waals surface area contributed by atoms with Crippen LogP contribution in [0.25, 0.3) is 0 Å². The number of rotatable bonds is 2. The molecule has 0 amide bonds. The second-order valence-electron chi connectivity index (χ2n) is 5.15. The maximum absolute atomic E-state index is 6.10. The Morgan fingerprint density at radius 3 is 2.39 bits per heavy atom. The van der Waals surface area contributed by atoms with Crippen LogP contribution in [-0.2, 0) is 10.3 Å². The van der Waals surface area contributed by atoms with Gasteiger partial charge in [-0.25, -0.2) is 9.97 Å². The van der Waals surface area contributed by atoms with E-state index in [1.54, 1.807) is 7.11 Å². The van der Waals surface area contributed by atoms with Crippen LogP contribution in [0.2, 0.25) is 10.3 Å². The second-order valence-corrected chi connectivity index (χ2v) is 5.87. The fourth-order valence-electron chi connectivity index (χ4n) is 2.65. The molecule has 0 radical (unpaired) electrons. The van der Waals surface area contributed by atoms with E-state index in [4.69, 9.17) is 27.9 Å². The monoisotopic (exact) mass is 288 g/mol. The summed E-state index contributed by atoms with van der Waals surface area (Å²) in [6.07, 6.45) is 4.17. The molecule has 100 valence electrons. The quantitative estimate of drug-likeness (QED) is 0.767. The van der Waals surface area contributed by atoms with Crippen LogP contribution in [-0.4, -0.2) is 17.1 Å². The van der Waals surface area contributed by atoms with Gasteiger partial charge in [0.15, 0.2) is 5.82 Å². The highest BCUT2D eigenvalue weighted by Gasteiger charge is 2.40. The normalized spacial score (nSPS) is 28.4. The Morgan fingerprint density at radius 1 is 1.28 bits per heavy atom. The lowest BCUT2D eigenvalue weighted by Gasteiger charge is -2.37. The lowest BCUT2D eigenvalue weighted by molar-refractivity contribution is -0.0646. The summed E-state index contributed by atoms with van der Waals surface area (Å²) in [7, 11) is 1.71. The molecule has 2 unspecified atom stereocenters. The van der Waals surface area contributed by atoms with Crippen molar-refractivity contribution in [3.63, 3.8) is 0 Å². The summed E-state index contributed by atoms with van der Waals surface area (Å²) in [4.78, 5) is 8.76. The fourth-order valence-corrected chi connectivity index (χ4v) is 3.04. The molecule has 0 spiro atoms. The Morgan fingerprint density at radius 2 is 1.89 bits per heavy atom. The molecule has 1 aliphatic carbocycles. The van der Waals surface area contributed by atoms with E-state index in [1.807, 2.05) is 6.92 Å². The van der Waals surface area contributed by atoms with Gasteiger partial charge < -0.3 is 4.74 Å². The first-order valence-electron chi connectivity index (χ1n) is 6.24. The van der Waals surface area contributed by atoms with Crippen molar-refractivity contribution < 1.29 is 4.74 Å². The molecule has 1 aliphatic rings. The Bertz CT molecular complexity index is 430. The highest BCUT2D eigenvalue weighted by molar-refractivity contribution is 6.34. The number of hydrogen-bond donors (Lipinski definition) is 0. The van der Waals surface area contributed by atoms with Crippen molar-refractivity contribution in [1.29, 1.82) is 0 Å². The van der Waals surface area contributed by atoms with Crippen molar-refractivity contribution in [2.75, 3.05) is 7.11 Å². The SMILES string of the molecule is COC1(c2nc(Cl)c(C)c(Cl)n2)CCCC(C)C1. The van der Waals surface area contributed by atoms with Crippen LogP contribution >= 0.6 is 23.2 Å². The maximum atomic E-state index is 6.10. The van der Waals surface area contributed by atoms with Gasteiger partial charge in [-0.2, -0.15) is 0 Å². The largest absolute Gasteiger partial charge is 0.370 e. The second kappa shape index (κ2) is 5.32. The first-order valence-corrected chi connectivity index (χ1v) is 6.99. The van der Waals surface area contributed by atoms with Crippen molar-refractivity contribution in [1.82, 2.24) is 9.97 Å². The standard InChI is InChI=1S/C13H18Cl2N2O/c1-8-5-4-6-13(7-8,18-3)12-16-10(14)9(2)11(15)17-12/h8H,4-7H2,1-3H3. The Balaban J connectivity index is 2.44. The molecule has 0 aromatic carbocycles. The molecule has 0 N–H and O–H groups in total. The first-order chi connectivity index (χ1) is 8.48. The molecule has 1 heterocycles. The van der Waals surface area contributed by atoms with Crippen LogP contribution in [0.3, 0.4) is 0 Å². The zero-order valence-electron chi connectivity index (χ0n) is 11.0. The summed E-state index contributed by atoms with van der Waals surface area (Å²) in [5.74, 6) is 1.22. The summed E-state index contributed by atoms with van der Waals surface area (Å²) in [6, 6.07) is 0. The highest BCUT2D eigenvalue weighted by Crippen LogP contribution is 2.41. The predicted octanol–water partition coefficient (Wildman–Crippen LogP) is 4.14. The number of ether oxygens (including phenoxy) is 1. The molecule has 1 saturated carbocycles. The van der Waals surface area contributed by atoms with Crippen molar-refractivity contribution in [3.8, 4) is 0 Å². The van der Waals surface area contributed by atoms with Crippen LogP contribution < -0.4 is 0 Å². The lowest BCUT2D eigenvalue weighted by atomic mass is 9.78. The average molecular weight is 289 g/mol. The van der Waals surface area contributed by atoms with Crippen LogP contribution in [0.15, 0.2) is 0 Å². The summed E-state index contributed by atoms with van der Waals surface area (Å²) in [6.45, 7) is 4.04. The van der Waals surface area contributed by atoms with E-state index in [-0.39, 0.29) is 0 Å². The minimum Gasteiger partial charge on any atom is -0.370 e. The summed E-state index contributed by atoms with van der Waals surface area (Å²) >= 11 is 12.2. The molecule has 2 atom stereocenters. The Hall–Kier alpha value is -0.380. The molecule has 1 aromatic rings. The van der Waals surface area contributed by atoms with Gasteiger partial charge in [0.05, 0.1) is 0 Å². The minimum absolute atomic E-state index is 0.416. The van der Waals surface area contributed by atoms with Gasteiger partial charge in [0.2, 0.25) is 0 Å².